The number of hydrogen-bond donors (Lipinski definition) is 4. The SMILES string of the molecule is [B]C1=C(O)C(O)=C(O)C(O)=C(c2ccc(-c3c4ccccc4c(-c4cccc(-c5cccc6c5oc5ccccc56)c4)c4ccccc34)c3ccccc23)C1. The van der Waals surface area contributed by atoms with Crippen LogP contribution in [0, 0.1) is 0 Å². The summed E-state index contributed by atoms with van der Waals surface area (Å²) >= 11 is 0. The molecule has 0 aliphatic heterocycles. The Hall–Kier alpha value is -7.18. The van der Waals surface area contributed by atoms with Crippen molar-refractivity contribution in [1.29, 1.82) is 0 Å². The van der Waals surface area contributed by atoms with Gasteiger partial charge in [0.05, 0.1) is 0 Å². The fraction of sp³-hybridized carbons (Fsp3) is 0.0204. The largest absolute Gasteiger partial charge is 0.505 e. The molecule has 10 rings (SSSR count). The molecule has 0 bridgehead atoms. The minimum Gasteiger partial charge on any atom is -0.505 e. The van der Waals surface area contributed by atoms with Crippen LogP contribution in [0.1, 0.15) is 12.0 Å². The monoisotopic (exact) mass is 710 g/mol. The van der Waals surface area contributed by atoms with Crippen molar-refractivity contribution in [2.24, 2.45) is 0 Å². The van der Waals surface area contributed by atoms with E-state index in [1.165, 1.54) is 0 Å². The molecule has 1 aliphatic carbocycles. The van der Waals surface area contributed by atoms with Crippen LogP contribution in [-0.2, 0) is 0 Å². The third kappa shape index (κ3) is 4.95. The summed E-state index contributed by atoms with van der Waals surface area (Å²) in [5.41, 5.74) is 8.96. The first kappa shape index (κ1) is 32.5. The highest BCUT2D eigenvalue weighted by Gasteiger charge is 2.26. The van der Waals surface area contributed by atoms with E-state index >= 15 is 0 Å². The van der Waals surface area contributed by atoms with E-state index in [1.54, 1.807) is 0 Å². The van der Waals surface area contributed by atoms with Gasteiger partial charge in [0, 0.05) is 21.9 Å². The minimum atomic E-state index is -0.860. The zero-order chi connectivity index (χ0) is 37.4. The van der Waals surface area contributed by atoms with Crippen molar-refractivity contribution in [2.45, 2.75) is 6.42 Å². The predicted molar refractivity (Wildman–Crippen MR) is 224 cm³/mol. The van der Waals surface area contributed by atoms with Gasteiger partial charge in [-0.05, 0) is 84.3 Å². The quantitative estimate of drug-likeness (QED) is 0.108. The zero-order valence-electron chi connectivity index (χ0n) is 29.4. The molecular weight excluding hydrogens is 679 g/mol. The van der Waals surface area contributed by atoms with Crippen LogP contribution in [-0.4, -0.2) is 28.3 Å². The van der Waals surface area contributed by atoms with Gasteiger partial charge in [-0.25, -0.2) is 0 Å². The summed E-state index contributed by atoms with van der Waals surface area (Å²) < 4.78 is 6.44. The van der Waals surface area contributed by atoms with Crippen LogP contribution >= 0.6 is 0 Å². The van der Waals surface area contributed by atoms with E-state index in [4.69, 9.17) is 12.3 Å². The highest BCUT2D eigenvalue weighted by Crippen LogP contribution is 2.47. The third-order valence-electron chi connectivity index (χ3n) is 10.9. The van der Waals surface area contributed by atoms with E-state index in [0.29, 0.717) is 5.56 Å². The first-order valence-corrected chi connectivity index (χ1v) is 18.1. The molecule has 8 aromatic carbocycles. The molecule has 55 heavy (non-hydrogen) atoms. The van der Waals surface area contributed by atoms with Crippen LogP contribution in [0.2, 0.25) is 0 Å². The number of aliphatic hydroxyl groups excluding tert-OH is 4. The lowest BCUT2D eigenvalue weighted by Crippen LogP contribution is -1.99. The Labute approximate surface area is 317 Å². The maximum absolute atomic E-state index is 11.1. The van der Waals surface area contributed by atoms with E-state index in [0.717, 1.165) is 87.6 Å². The fourth-order valence-corrected chi connectivity index (χ4v) is 8.43. The maximum atomic E-state index is 11.1. The first-order chi connectivity index (χ1) is 26.9. The summed E-state index contributed by atoms with van der Waals surface area (Å²) in [7, 11) is 6.13. The average molecular weight is 711 g/mol. The van der Waals surface area contributed by atoms with E-state index in [9.17, 15) is 20.4 Å². The number of para-hydroxylation sites is 2. The van der Waals surface area contributed by atoms with Gasteiger partial charge in [0.15, 0.2) is 11.5 Å². The van der Waals surface area contributed by atoms with Crippen molar-refractivity contribution in [2.75, 3.05) is 0 Å². The molecule has 0 atom stereocenters. The fourth-order valence-electron chi connectivity index (χ4n) is 8.43. The summed E-state index contributed by atoms with van der Waals surface area (Å²) in [4.78, 5) is 0. The van der Waals surface area contributed by atoms with Crippen molar-refractivity contribution < 1.29 is 24.8 Å². The average Bonchev–Trinajstić information content (AvgIpc) is 3.60. The molecule has 0 fully saturated rings. The molecule has 4 N–H and O–H groups in total. The molecule has 260 valence electrons. The van der Waals surface area contributed by atoms with Gasteiger partial charge in [-0.2, -0.15) is 0 Å². The van der Waals surface area contributed by atoms with Crippen LogP contribution in [0.3, 0.4) is 0 Å². The van der Waals surface area contributed by atoms with E-state index in [1.807, 2.05) is 54.6 Å². The molecule has 0 amide bonds. The minimum absolute atomic E-state index is 0.0674. The second kappa shape index (κ2) is 12.5. The Bertz CT molecular complexity index is 3120. The highest BCUT2D eigenvalue weighted by molar-refractivity contribution is 6.25. The second-order valence-corrected chi connectivity index (χ2v) is 14.0. The number of allylic oxidation sites excluding steroid dienone is 2. The first-order valence-electron chi connectivity index (χ1n) is 18.1. The molecule has 0 saturated carbocycles. The number of furan rings is 1. The van der Waals surface area contributed by atoms with Gasteiger partial charge >= 0.3 is 0 Å². The van der Waals surface area contributed by atoms with Crippen LogP contribution in [0.25, 0.3) is 93.2 Å². The molecule has 9 aromatic rings. The molecule has 1 aliphatic rings. The Kier molecular flexibility index (Phi) is 7.36. The van der Waals surface area contributed by atoms with Gasteiger partial charge in [-0.3, -0.25) is 0 Å². The maximum Gasteiger partial charge on any atom is 0.204 e. The smallest absolute Gasteiger partial charge is 0.204 e. The Morgan fingerprint density at radius 3 is 1.60 bits per heavy atom. The lowest BCUT2D eigenvalue weighted by molar-refractivity contribution is 0.263. The van der Waals surface area contributed by atoms with Crippen molar-refractivity contribution in [3.05, 3.63) is 186 Å². The molecule has 0 saturated heterocycles. The summed E-state index contributed by atoms with van der Waals surface area (Å²) in [5.74, 6) is -2.88. The van der Waals surface area contributed by atoms with Crippen molar-refractivity contribution in [3.63, 3.8) is 0 Å². The van der Waals surface area contributed by atoms with Crippen LogP contribution in [0.5, 0.6) is 0 Å². The number of rotatable bonds is 4. The van der Waals surface area contributed by atoms with Crippen molar-refractivity contribution in [1.82, 2.24) is 0 Å². The third-order valence-corrected chi connectivity index (χ3v) is 10.9. The van der Waals surface area contributed by atoms with Crippen molar-refractivity contribution in [3.8, 4) is 33.4 Å². The molecule has 1 heterocycles. The Balaban J connectivity index is 1.20. The Morgan fingerprint density at radius 2 is 0.909 bits per heavy atom. The highest BCUT2D eigenvalue weighted by atomic mass is 16.4. The summed E-state index contributed by atoms with van der Waals surface area (Å²) in [6.45, 7) is 0. The van der Waals surface area contributed by atoms with E-state index < -0.39 is 23.0 Å². The van der Waals surface area contributed by atoms with Gasteiger partial charge in [0.25, 0.3) is 0 Å². The topological polar surface area (TPSA) is 94.1 Å². The molecule has 0 spiro atoms. The molecule has 2 radical (unpaired) electrons. The van der Waals surface area contributed by atoms with Gasteiger partial charge in [0.1, 0.15) is 19.0 Å². The second-order valence-electron chi connectivity index (χ2n) is 14.0. The van der Waals surface area contributed by atoms with Gasteiger partial charge in [0.2, 0.25) is 11.5 Å². The molecule has 5 nitrogen and oxygen atoms in total. The summed E-state index contributed by atoms with van der Waals surface area (Å²) in [6, 6.07) is 52.0. The standard InChI is InChI=1S/C49H31BO5/c50-41-26-40(45(51)47(53)48(54)46(41)52)32-23-24-38(31-14-2-1-13-30(31)32)44-36-18-5-3-16-34(36)43(35-17-4-6-19-37(35)44)28-12-9-11-27(25-28)29-20-10-21-39-33-15-7-8-22-42(33)55-49(29)39/h1-25,51-54H,26H2. The van der Waals surface area contributed by atoms with Gasteiger partial charge in [-0.1, -0.05) is 145 Å². The van der Waals surface area contributed by atoms with Gasteiger partial charge < -0.3 is 24.8 Å². The molecular formula is C49H31BO5. The lowest BCUT2D eigenvalue weighted by atomic mass is 9.82. The lowest BCUT2D eigenvalue weighted by Gasteiger charge is -2.20. The molecule has 1 aromatic heterocycles. The van der Waals surface area contributed by atoms with E-state index in [2.05, 4.69) is 97.1 Å². The van der Waals surface area contributed by atoms with Gasteiger partial charge in [-0.15, -0.1) is 0 Å². The summed E-state index contributed by atoms with van der Waals surface area (Å²) in [6.07, 6.45) is -0.0837. The van der Waals surface area contributed by atoms with E-state index in [-0.39, 0.29) is 17.5 Å². The van der Waals surface area contributed by atoms with Crippen LogP contribution < -0.4 is 0 Å². The summed E-state index contributed by atoms with van der Waals surface area (Å²) in [5, 5.41) is 50.8. The van der Waals surface area contributed by atoms with Crippen LogP contribution in [0.15, 0.2) is 185 Å². The van der Waals surface area contributed by atoms with Crippen molar-refractivity contribution >= 4 is 67.7 Å². The number of benzene rings is 8. The normalized spacial score (nSPS) is 13.9. The number of hydrogen-bond acceptors (Lipinski definition) is 5. The number of fused-ring (bicyclic) bond motifs is 6. The zero-order valence-corrected chi connectivity index (χ0v) is 29.4. The predicted octanol–water partition coefficient (Wildman–Crippen LogP) is 13.0. The molecule has 0 unspecified atom stereocenters. The van der Waals surface area contributed by atoms with Crippen LogP contribution in [0.4, 0.5) is 0 Å². The Morgan fingerprint density at radius 1 is 0.400 bits per heavy atom. The number of aliphatic hydroxyl groups is 4. The molecule has 6 heteroatoms.